The Kier molecular flexibility index (Phi) is 18.8. The lowest BCUT2D eigenvalue weighted by atomic mass is 10.00. The average molecular weight is 1710 g/mol. The van der Waals surface area contributed by atoms with E-state index in [2.05, 4.69) is 341 Å². The summed E-state index contributed by atoms with van der Waals surface area (Å²) >= 11 is 1.87. The largest absolute Gasteiger partial charge is 0.455 e. The lowest BCUT2D eigenvalue weighted by Gasteiger charge is -2.13. The molecule has 618 valence electrons. The van der Waals surface area contributed by atoms with Gasteiger partial charge in [-0.05, 0) is 132 Å². The number of nitrogens with zero attached hydrogens (tertiary/aromatic N) is 9. The van der Waals surface area contributed by atoms with Gasteiger partial charge in [0.25, 0.3) is 0 Å². The van der Waals surface area contributed by atoms with Gasteiger partial charge in [-0.2, -0.15) is 0 Å². The zero-order valence-corrected chi connectivity index (χ0v) is 71.9. The molecule has 18 aromatic carbocycles. The molecule has 0 fully saturated rings. The third kappa shape index (κ3) is 13.5. The number of hydrogen-bond acceptors (Lipinski definition) is 9. The summed E-state index contributed by atoms with van der Waals surface area (Å²) in [7, 11) is 0. The van der Waals surface area contributed by atoms with Gasteiger partial charge in [0, 0.05) is 125 Å². The summed E-state index contributed by atoms with van der Waals surface area (Å²) in [5, 5.41) is 14.3. The first-order chi connectivity index (χ1) is 65.4. The maximum absolute atomic E-state index is 6.50. The smallest absolute Gasteiger partial charge is 0.164 e. The monoisotopic (exact) mass is 1710 g/mol. The molecule has 11 nitrogen and oxygen atoms in total. The van der Waals surface area contributed by atoms with Gasteiger partial charge in [0.2, 0.25) is 0 Å². The predicted molar refractivity (Wildman–Crippen MR) is 545 cm³/mol. The van der Waals surface area contributed by atoms with E-state index >= 15 is 0 Å². The van der Waals surface area contributed by atoms with E-state index in [-0.39, 0.29) is 0 Å². The van der Waals surface area contributed by atoms with E-state index in [1.54, 1.807) is 0 Å². The van der Waals surface area contributed by atoms with Crippen molar-refractivity contribution in [1.29, 1.82) is 0 Å². The Labute approximate surface area is 761 Å². The number of pyridine rings is 1. The van der Waals surface area contributed by atoms with E-state index in [1.807, 2.05) is 139 Å². The van der Waals surface area contributed by atoms with Crippen LogP contribution in [0, 0.1) is 0 Å². The molecule has 0 aliphatic rings. The second kappa shape index (κ2) is 32.4. The highest BCUT2D eigenvalue weighted by molar-refractivity contribution is 7.26. The van der Waals surface area contributed by atoms with Crippen LogP contribution in [0.25, 0.3) is 248 Å². The molecular formula is C120H75N9O2S. The van der Waals surface area contributed by atoms with Gasteiger partial charge in [-0.1, -0.05) is 334 Å². The number of furan rings is 2. The number of hydrogen-bond donors (Lipinski definition) is 0. The molecule has 0 spiro atoms. The van der Waals surface area contributed by atoms with Crippen molar-refractivity contribution in [2.75, 3.05) is 0 Å². The van der Waals surface area contributed by atoms with Crippen LogP contribution in [0.2, 0.25) is 0 Å². The van der Waals surface area contributed by atoms with Crippen molar-refractivity contribution in [2.24, 2.45) is 0 Å². The van der Waals surface area contributed by atoms with Gasteiger partial charge in [0.05, 0.1) is 66.6 Å². The SMILES string of the molecule is c1ccc(-c2cc(-c3ccccc3)nc(-c3cccc(-n4c5ccccc5c5c6oc7ccccc7c6ccc54)c3)c2)cc1.c1ccc(-c2cc(-c3ccccc3)nc(-c3cccc(-n4c5ccccc5c5c6oc7ccccc7c6ccc54)c3)n2)cc1.c1ccc(-c2nc(-c3ccccc3)nc(-c3cccc(-n4c5ccccc5c5c6sc7ccccc7c6ccc54)c3)n2)cc1. The minimum absolute atomic E-state index is 0.646. The van der Waals surface area contributed by atoms with Crippen LogP contribution < -0.4 is 0 Å². The van der Waals surface area contributed by atoms with Crippen LogP contribution in [0.5, 0.6) is 0 Å². The quantitative estimate of drug-likeness (QED) is 0.119. The fraction of sp³-hybridized carbons (Fsp3) is 0. The van der Waals surface area contributed by atoms with Crippen molar-refractivity contribution in [1.82, 2.24) is 43.6 Å². The maximum Gasteiger partial charge on any atom is 0.164 e. The summed E-state index contributed by atoms with van der Waals surface area (Å²) in [4.78, 5) is 30.2. The van der Waals surface area contributed by atoms with E-state index in [0.29, 0.717) is 23.3 Å². The van der Waals surface area contributed by atoms with Crippen LogP contribution in [-0.4, -0.2) is 43.6 Å². The number of para-hydroxylation sites is 5. The maximum atomic E-state index is 6.50. The Balaban J connectivity index is 0.000000106. The normalized spacial score (nSPS) is 11.6. The van der Waals surface area contributed by atoms with Crippen molar-refractivity contribution >= 4 is 141 Å². The highest BCUT2D eigenvalue weighted by Gasteiger charge is 2.25. The second-order valence-corrected chi connectivity index (χ2v) is 34.2. The standard InChI is InChI=1S/C41H26N2O.C40H25N3O.C39H24N4S/c1-3-12-27(13-4-1)30-25-35(28-14-5-2-6-15-28)42-36(26-30)29-16-11-17-31(24-29)43-37-20-9-7-19-34(37)40-38(43)23-22-33-32-18-8-10-21-39(32)44-41(33)40;1-3-12-26(13-4-1)33-25-34(27-14-5-2-6-15-27)42-40(41-33)28-16-11-17-29(24-28)43-35-20-9-7-19-32(35)38-36(43)23-22-31-30-18-8-10-21-37(30)44-39(31)38;1-3-12-25(13-4-1)37-40-38(26-14-5-2-6-15-26)42-39(41-37)27-16-11-17-28(24-27)43-32-20-9-7-19-31(32)35-33(43)23-22-30-29-18-8-10-21-34(29)44-36(30)35/h1-26H;1-25H;1-24H. The van der Waals surface area contributed by atoms with Crippen LogP contribution in [-0.2, 0) is 0 Å². The molecule has 0 amide bonds. The first-order valence-corrected chi connectivity index (χ1v) is 45.1. The highest BCUT2D eigenvalue weighted by Crippen LogP contribution is 2.47. The number of rotatable bonds is 12. The molecule has 0 bridgehead atoms. The third-order valence-electron chi connectivity index (χ3n) is 25.2. The van der Waals surface area contributed by atoms with Crippen LogP contribution in [0.15, 0.2) is 464 Å². The number of fused-ring (bicyclic) bond motifs is 21. The molecule has 27 rings (SSSR count). The molecule has 27 aromatic rings. The molecule has 0 radical (unpaired) electrons. The summed E-state index contributed by atoms with van der Waals surface area (Å²) in [6, 6.07) is 158. The summed E-state index contributed by atoms with van der Waals surface area (Å²) in [5.41, 5.74) is 27.8. The molecule has 0 atom stereocenters. The van der Waals surface area contributed by atoms with Crippen molar-refractivity contribution < 1.29 is 8.83 Å². The van der Waals surface area contributed by atoms with Crippen LogP contribution in [0.1, 0.15) is 0 Å². The van der Waals surface area contributed by atoms with Crippen LogP contribution >= 0.6 is 11.3 Å². The first-order valence-electron chi connectivity index (χ1n) is 44.3. The minimum Gasteiger partial charge on any atom is -0.455 e. The Morgan fingerprint density at radius 2 is 0.500 bits per heavy atom. The molecule has 0 saturated carbocycles. The Morgan fingerprint density at radius 3 is 0.955 bits per heavy atom. The molecule has 9 heterocycles. The van der Waals surface area contributed by atoms with Gasteiger partial charge < -0.3 is 22.5 Å². The van der Waals surface area contributed by atoms with Gasteiger partial charge in [-0.15, -0.1) is 11.3 Å². The van der Waals surface area contributed by atoms with E-state index < -0.39 is 0 Å². The van der Waals surface area contributed by atoms with E-state index in [9.17, 15) is 0 Å². The fourth-order valence-electron chi connectivity index (χ4n) is 19.2. The number of thiophene rings is 1. The van der Waals surface area contributed by atoms with Gasteiger partial charge in [0.1, 0.15) is 22.3 Å². The van der Waals surface area contributed by atoms with Crippen molar-refractivity contribution in [3.05, 3.63) is 455 Å². The molecule has 132 heavy (non-hydrogen) atoms. The molecule has 0 unspecified atom stereocenters. The fourth-order valence-corrected chi connectivity index (χ4v) is 20.4. The molecule has 0 aliphatic carbocycles. The minimum atomic E-state index is 0.646. The van der Waals surface area contributed by atoms with Crippen LogP contribution in [0.3, 0.4) is 0 Å². The van der Waals surface area contributed by atoms with E-state index in [0.717, 1.165) is 172 Å². The summed E-state index contributed by atoms with van der Waals surface area (Å²) in [6.45, 7) is 0. The lowest BCUT2D eigenvalue weighted by molar-refractivity contribution is 0.672. The van der Waals surface area contributed by atoms with Gasteiger partial charge in [-0.3, -0.25) is 0 Å². The molecule has 12 heteroatoms. The van der Waals surface area contributed by atoms with Crippen LogP contribution in [0.4, 0.5) is 0 Å². The van der Waals surface area contributed by atoms with Crippen molar-refractivity contribution in [3.63, 3.8) is 0 Å². The first kappa shape index (κ1) is 76.8. The predicted octanol–water partition coefficient (Wildman–Crippen LogP) is 31.9. The Morgan fingerprint density at radius 1 is 0.182 bits per heavy atom. The van der Waals surface area contributed by atoms with Gasteiger partial charge in [-0.25, -0.2) is 29.9 Å². The zero-order chi connectivity index (χ0) is 87.1. The van der Waals surface area contributed by atoms with Crippen molar-refractivity contribution in [3.8, 4) is 119 Å². The molecule has 0 aliphatic heterocycles. The van der Waals surface area contributed by atoms with Gasteiger partial charge >= 0.3 is 0 Å². The van der Waals surface area contributed by atoms with E-state index in [4.69, 9.17) is 38.7 Å². The van der Waals surface area contributed by atoms with Gasteiger partial charge in [0.15, 0.2) is 23.3 Å². The molecule has 9 aromatic heterocycles. The highest BCUT2D eigenvalue weighted by atomic mass is 32.1. The van der Waals surface area contributed by atoms with Crippen molar-refractivity contribution in [2.45, 2.75) is 0 Å². The Bertz CT molecular complexity index is 8140. The molecule has 0 N–H and O–H groups in total. The average Bonchev–Trinajstić information content (AvgIpc) is 1.57. The summed E-state index contributed by atoms with van der Waals surface area (Å²) in [5.74, 6) is 2.65. The lowest BCUT2D eigenvalue weighted by Crippen LogP contribution is -2.01. The number of aromatic nitrogens is 9. The van der Waals surface area contributed by atoms with E-state index in [1.165, 1.54) is 52.9 Å². The molecular weight excluding hydrogens is 1630 g/mol. The summed E-state index contributed by atoms with van der Waals surface area (Å²) in [6.07, 6.45) is 0. The third-order valence-corrected chi connectivity index (χ3v) is 26.4. The second-order valence-electron chi connectivity index (χ2n) is 33.1. The Hall–Kier alpha value is -17.6. The number of benzene rings is 18. The molecule has 0 saturated heterocycles. The topological polar surface area (TPSA) is 118 Å². The zero-order valence-electron chi connectivity index (χ0n) is 71.1. The summed E-state index contributed by atoms with van der Waals surface area (Å²) < 4.78 is 22.7.